The topological polar surface area (TPSA) is 95.6 Å². The maximum Gasteiger partial charge on any atom is 0.243 e. The summed E-state index contributed by atoms with van der Waals surface area (Å²) in [4.78, 5) is 25.2. The van der Waals surface area contributed by atoms with Gasteiger partial charge in [-0.15, -0.1) is 0 Å². The van der Waals surface area contributed by atoms with Crippen molar-refractivity contribution < 1.29 is 22.4 Å². The Bertz CT molecular complexity index is 853. The van der Waals surface area contributed by atoms with E-state index in [1.54, 1.807) is 0 Å². The molecule has 1 aromatic carbocycles. The molecule has 160 valence electrons. The zero-order chi connectivity index (χ0) is 21.2. The molecule has 1 saturated carbocycles. The van der Waals surface area contributed by atoms with Gasteiger partial charge in [0, 0.05) is 19.1 Å². The number of carbonyl (C=O) groups is 2. The minimum absolute atomic E-state index is 0.00354. The van der Waals surface area contributed by atoms with E-state index in [-0.39, 0.29) is 35.2 Å². The van der Waals surface area contributed by atoms with E-state index in [1.165, 1.54) is 16.4 Å². The first-order valence-corrected chi connectivity index (χ1v) is 11.5. The molecule has 1 aromatic rings. The molecule has 9 heteroatoms. The van der Waals surface area contributed by atoms with Gasteiger partial charge in [-0.2, -0.15) is 4.31 Å². The predicted octanol–water partition coefficient (Wildman–Crippen LogP) is 1.65. The Hall–Kier alpha value is -2.00. The summed E-state index contributed by atoms with van der Waals surface area (Å²) in [5.41, 5.74) is 0. The lowest BCUT2D eigenvalue weighted by Gasteiger charge is -2.32. The molecule has 2 atom stereocenters. The molecule has 0 spiro atoms. The van der Waals surface area contributed by atoms with Crippen LogP contribution in [-0.4, -0.2) is 49.7 Å². The molecule has 3 rings (SSSR count). The lowest BCUT2D eigenvalue weighted by molar-refractivity contribution is -0.132. The van der Waals surface area contributed by atoms with Gasteiger partial charge in [0.2, 0.25) is 21.8 Å². The standard InChI is InChI=1S/C20H28FN3O4S/c1-13(2)18(20(26)22-16-7-8-16)23-19(25)14-4-3-11-24(12-14)29(27,28)17-9-5-15(21)6-10-17/h5-6,9-10,13-14,16,18H,3-4,7-8,11-12H2,1-2H3,(H,22,26)(H,23,25)/t14-,18+/m1/s1. The van der Waals surface area contributed by atoms with E-state index in [2.05, 4.69) is 10.6 Å². The molecule has 0 bridgehead atoms. The monoisotopic (exact) mass is 425 g/mol. The highest BCUT2D eigenvalue weighted by atomic mass is 32.2. The van der Waals surface area contributed by atoms with E-state index in [4.69, 9.17) is 0 Å². The van der Waals surface area contributed by atoms with Crippen LogP contribution in [0.5, 0.6) is 0 Å². The van der Waals surface area contributed by atoms with E-state index in [1.807, 2.05) is 13.8 Å². The summed E-state index contributed by atoms with van der Waals surface area (Å²) >= 11 is 0. The van der Waals surface area contributed by atoms with Crippen molar-refractivity contribution in [2.45, 2.75) is 56.5 Å². The van der Waals surface area contributed by atoms with Crippen molar-refractivity contribution in [2.24, 2.45) is 11.8 Å². The quantitative estimate of drug-likeness (QED) is 0.694. The molecule has 1 saturated heterocycles. The van der Waals surface area contributed by atoms with Gasteiger partial charge in [0.15, 0.2) is 0 Å². The smallest absolute Gasteiger partial charge is 0.243 e. The van der Waals surface area contributed by atoms with Crippen molar-refractivity contribution in [3.8, 4) is 0 Å². The van der Waals surface area contributed by atoms with Crippen LogP contribution < -0.4 is 10.6 Å². The van der Waals surface area contributed by atoms with Crippen LogP contribution in [0.15, 0.2) is 29.2 Å². The summed E-state index contributed by atoms with van der Waals surface area (Å²) in [5.74, 6) is -1.63. The maximum atomic E-state index is 13.1. The molecule has 1 aliphatic heterocycles. The second kappa shape index (κ2) is 8.79. The second-order valence-electron chi connectivity index (χ2n) is 8.17. The van der Waals surface area contributed by atoms with Gasteiger partial charge in [-0.25, -0.2) is 12.8 Å². The normalized spacial score (nSPS) is 21.6. The third-order valence-corrected chi connectivity index (χ3v) is 7.26. The highest BCUT2D eigenvalue weighted by Crippen LogP contribution is 2.25. The Morgan fingerprint density at radius 3 is 2.38 bits per heavy atom. The zero-order valence-electron chi connectivity index (χ0n) is 16.7. The number of sulfonamides is 1. The summed E-state index contributed by atoms with van der Waals surface area (Å²) in [6, 6.07) is 4.22. The van der Waals surface area contributed by atoms with Gasteiger partial charge < -0.3 is 10.6 Å². The first-order chi connectivity index (χ1) is 13.7. The van der Waals surface area contributed by atoms with Crippen molar-refractivity contribution in [2.75, 3.05) is 13.1 Å². The SMILES string of the molecule is CC(C)[C@H](NC(=O)[C@@H]1CCCN(S(=O)(=O)c2ccc(F)cc2)C1)C(=O)NC1CC1. The average molecular weight is 426 g/mol. The molecular weight excluding hydrogens is 397 g/mol. The number of nitrogens with one attached hydrogen (secondary N) is 2. The Morgan fingerprint density at radius 2 is 1.79 bits per heavy atom. The summed E-state index contributed by atoms with van der Waals surface area (Å²) in [7, 11) is -3.81. The fourth-order valence-electron chi connectivity index (χ4n) is 3.46. The summed E-state index contributed by atoms with van der Waals surface area (Å²) < 4.78 is 40.1. The van der Waals surface area contributed by atoms with Gasteiger partial charge in [0.25, 0.3) is 0 Å². The molecule has 2 N–H and O–H groups in total. The molecule has 0 radical (unpaired) electrons. The number of amides is 2. The molecule has 0 unspecified atom stereocenters. The van der Waals surface area contributed by atoms with Crippen LogP contribution in [0, 0.1) is 17.7 Å². The van der Waals surface area contributed by atoms with Crippen molar-refractivity contribution >= 4 is 21.8 Å². The van der Waals surface area contributed by atoms with E-state index >= 15 is 0 Å². The maximum absolute atomic E-state index is 13.1. The Morgan fingerprint density at radius 1 is 1.14 bits per heavy atom. The third kappa shape index (κ3) is 5.33. The Kier molecular flexibility index (Phi) is 6.58. The van der Waals surface area contributed by atoms with Gasteiger partial charge >= 0.3 is 0 Å². The van der Waals surface area contributed by atoms with Crippen LogP contribution in [0.2, 0.25) is 0 Å². The fourth-order valence-corrected chi connectivity index (χ4v) is 4.98. The Balaban J connectivity index is 1.66. The van der Waals surface area contributed by atoms with Crippen molar-refractivity contribution in [3.63, 3.8) is 0 Å². The molecule has 1 heterocycles. The lowest BCUT2D eigenvalue weighted by Crippen LogP contribution is -2.53. The number of nitrogens with zero attached hydrogens (tertiary/aromatic N) is 1. The van der Waals surface area contributed by atoms with Gasteiger partial charge in [-0.05, 0) is 55.9 Å². The molecule has 2 fully saturated rings. The van der Waals surface area contributed by atoms with E-state index in [0.717, 1.165) is 25.0 Å². The first-order valence-electron chi connectivity index (χ1n) is 10.0. The largest absolute Gasteiger partial charge is 0.352 e. The van der Waals surface area contributed by atoms with Crippen molar-refractivity contribution in [3.05, 3.63) is 30.1 Å². The molecule has 7 nitrogen and oxygen atoms in total. The fraction of sp³-hybridized carbons (Fsp3) is 0.600. The second-order valence-corrected chi connectivity index (χ2v) is 10.1. The van der Waals surface area contributed by atoms with Crippen molar-refractivity contribution in [1.82, 2.24) is 14.9 Å². The number of rotatable bonds is 7. The number of hydrogen-bond donors (Lipinski definition) is 2. The van der Waals surface area contributed by atoms with E-state index in [0.29, 0.717) is 19.4 Å². The molecular formula is C20H28FN3O4S. The van der Waals surface area contributed by atoms with E-state index < -0.39 is 27.8 Å². The number of hydrogen-bond acceptors (Lipinski definition) is 4. The summed E-state index contributed by atoms with van der Waals surface area (Å²) in [6.45, 7) is 4.08. The number of halogens is 1. The average Bonchev–Trinajstić information content (AvgIpc) is 3.50. The molecule has 2 amide bonds. The van der Waals surface area contributed by atoms with Crippen molar-refractivity contribution in [1.29, 1.82) is 0 Å². The van der Waals surface area contributed by atoms with Crippen LogP contribution in [0.25, 0.3) is 0 Å². The summed E-state index contributed by atoms with van der Waals surface area (Å²) in [5, 5.41) is 5.73. The molecule has 29 heavy (non-hydrogen) atoms. The first kappa shape index (κ1) is 21.7. The van der Waals surface area contributed by atoms with Gasteiger partial charge in [-0.1, -0.05) is 13.8 Å². The van der Waals surface area contributed by atoms with Crippen LogP contribution in [0.4, 0.5) is 4.39 Å². The minimum atomic E-state index is -3.81. The number of carbonyl (C=O) groups excluding carboxylic acids is 2. The zero-order valence-corrected chi connectivity index (χ0v) is 17.5. The number of benzene rings is 1. The Labute approximate surface area is 171 Å². The van der Waals surface area contributed by atoms with Crippen LogP contribution in [-0.2, 0) is 19.6 Å². The van der Waals surface area contributed by atoms with Crippen LogP contribution >= 0.6 is 0 Å². The van der Waals surface area contributed by atoms with Gasteiger partial charge in [0.1, 0.15) is 11.9 Å². The lowest BCUT2D eigenvalue weighted by atomic mass is 9.96. The van der Waals surface area contributed by atoms with Gasteiger partial charge in [0.05, 0.1) is 10.8 Å². The highest BCUT2D eigenvalue weighted by Gasteiger charge is 2.36. The minimum Gasteiger partial charge on any atom is -0.352 e. The molecule has 2 aliphatic rings. The van der Waals surface area contributed by atoms with Crippen LogP contribution in [0.1, 0.15) is 39.5 Å². The molecule has 0 aromatic heterocycles. The predicted molar refractivity (Wildman–Crippen MR) is 106 cm³/mol. The van der Waals surface area contributed by atoms with Gasteiger partial charge in [-0.3, -0.25) is 9.59 Å². The third-order valence-electron chi connectivity index (χ3n) is 5.38. The molecule has 1 aliphatic carbocycles. The summed E-state index contributed by atoms with van der Waals surface area (Å²) in [6.07, 6.45) is 3.02. The van der Waals surface area contributed by atoms with E-state index in [9.17, 15) is 22.4 Å². The van der Waals surface area contributed by atoms with Crippen LogP contribution in [0.3, 0.4) is 0 Å². The number of piperidine rings is 1. The highest BCUT2D eigenvalue weighted by molar-refractivity contribution is 7.89.